The Morgan fingerprint density at radius 3 is 1.57 bits per heavy atom. The number of benzene rings is 4. The molecule has 0 fully saturated rings. The van der Waals surface area contributed by atoms with Crippen LogP contribution in [-0.4, -0.2) is 0 Å². The molecule has 0 atom stereocenters. The molecule has 0 aliphatic carbocycles. The quantitative estimate of drug-likeness (QED) is 0.289. The Morgan fingerprint density at radius 2 is 1.00 bits per heavy atom. The number of aromatic nitrogens is 1. The van der Waals surface area contributed by atoms with Gasteiger partial charge < -0.3 is 0 Å². The first-order chi connectivity index (χ1) is 14.8. The Morgan fingerprint density at radius 1 is 0.500 bits per heavy atom. The Kier molecular flexibility index (Phi) is 4.86. The van der Waals surface area contributed by atoms with Crippen molar-refractivity contribution in [3.63, 3.8) is 0 Å². The van der Waals surface area contributed by atoms with Crippen molar-refractivity contribution in [3.8, 4) is 33.4 Å². The third kappa shape index (κ3) is 3.51. The zero-order chi connectivity index (χ0) is 20.3. The van der Waals surface area contributed by atoms with Crippen molar-refractivity contribution < 1.29 is 4.57 Å². The highest BCUT2D eigenvalue weighted by atomic mass is 14.9. The first-order valence-corrected chi connectivity index (χ1v) is 10.5. The summed E-state index contributed by atoms with van der Waals surface area (Å²) in [6, 6.07) is 39.1. The zero-order valence-electron chi connectivity index (χ0n) is 17.1. The van der Waals surface area contributed by atoms with Gasteiger partial charge >= 0.3 is 0 Å². The molecule has 0 aliphatic rings. The molecule has 0 aliphatic heterocycles. The van der Waals surface area contributed by atoms with Crippen LogP contribution in [0.4, 0.5) is 0 Å². The van der Waals surface area contributed by atoms with E-state index in [1.165, 1.54) is 44.3 Å². The monoisotopic (exact) mass is 386 g/mol. The Hall–Kier alpha value is -3.71. The molecular formula is C29H24N+. The van der Waals surface area contributed by atoms with E-state index in [-0.39, 0.29) is 0 Å². The van der Waals surface area contributed by atoms with E-state index in [4.69, 9.17) is 0 Å². The molecule has 5 aromatic rings. The first-order valence-electron chi connectivity index (χ1n) is 10.5. The van der Waals surface area contributed by atoms with Crippen molar-refractivity contribution >= 4 is 10.9 Å². The van der Waals surface area contributed by atoms with Gasteiger partial charge in [0.1, 0.15) is 6.54 Å². The fraction of sp³-hybridized carbons (Fsp3) is 0.0690. The van der Waals surface area contributed by atoms with Gasteiger partial charge in [0, 0.05) is 17.0 Å². The number of aryl methyl sites for hydroxylation is 1. The molecule has 0 saturated carbocycles. The summed E-state index contributed by atoms with van der Waals surface area (Å²) in [6.07, 6.45) is 2.28. The van der Waals surface area contributed by atoms with E-state index >= 15 is 0 Å². The van der Waals surface area contributed by atoms with Crippen LogP contribution in [0.2, 0.25) is 0 Å². The van der Waals surface area contributed by atoms with Gasteiger partial charge in [0.2, 0.25) is 5.52 Å². The molecule has 0 spiro atoms. The lowest BCUT2D eigenvalue weighted by Crippen LogP contribution is -2.32. The van der Waals surface area contributed by atoms with Crippen molar-refractivity contribution in [2.75, 3.05) is 0 Å². The zero-order valence-corrected chi connectivity index (χ0v) is 17.1. The average molecular weight is 387 g/mol. The first kappa shape index (κ1) is 18.3. The molecule has 0 radical (unpaired) electrons. The summed E-state index contributed by atoms with van der Waals surface area (Å²) >= 11 is 0. The summed E-state index contributed by atoms with van der Waals surface area (Å²) < 4.78 is 2.34. The standard InChI is InChI=1S/C29H24N/c1-2-30-21-28(17-24-15-9-10-16-29(24)30)27-19-25(22-11-5-3-6-12-22)18-26(20-27)23-13-7-4-8-14-23/h3-21H,2H2,1H3/q+1. The van der Waals surface area contributed by atoms with E-state index < -0.39 is 0 Å². The molecule has 0 unspecified atom stereocenters. The van der Waals surface area contributed by atoms with Crippen molar-refractivity contribution in [2.45, 2.75) is 13.5 Å². The molecule has 1 heteroatoms. The Labute approximate surface area is 177 Å². The molecule has 0 saturated heterocycles. The summed E-state index contributed by atoms with van der Waals surface area (Å²) in [7, 11) is 0. The smallest absolute Gasteiger partial charge is 0.198 e. The van der Waals surface area contributed by atoms with Gasteiger partial charge in [-0.3, -0.25) is 0 Å². The van der Waals surface area contributed by atoms with Crippen LogP contribution >= 0.6 is 0 Å². The van der Waals surface area contributed by atoms with Crippen LogP contribution in [0.25, 0.3) is 44.3 Å². The van der Waals surface area contributed by atoms with Crippen LogP contribution in [0, 0.1) is 0 Å². The van der Waals surface area contributed by atoms with E-state index in [0.717, 1.165) is 6.54 Å². The van der Waals surface area contributed by atoms with Crippen molar-refractivity contribution in [1.82, 2.24) is 0 Å². The molecule has 30 heavy (non-hydrogen) atoms. The lowest BCUT2D eigenvalue weighted by molar-refractivity contribution is -0.667. The van der Waals surface area contributed by atoms with Gasteiger partial charge in [-0.25, -0.2) is 0 Å². The minimum atomic E-state index is 0.943. The van der Waals surface area contributed by atoms with E-state index in [2.05, 4.69) is 127 Å². The maximum Gasteiger partial charge on any atom is 0.212 e. The highest BCUT2D eigenvalue weighted by Crippen LogP contribution is 2.33. The summed E-state index contributed by atoms with van der Waals surface area (Å²) in [5.74, 6) is 0. The highest BCUT2D eigenvalue weighted by molar-refractivity contribution is 5.85. The number of pyridine rings is 1. The second kappa shape index (κ2) is 7.96. The minimum Gasteiger partial charge on any atom is -0.198 e. The normalized spacial score (nSPS) is 11.0. The summed E-state index contributed by atoms with van der Waals surface area (Å²) in [5.41, 5.74) is 8.70. The van der Waals surface area contributed by atoms with Crippen molar-refractivity contribution in [3.05, 3.63) is 115 Å². The van der Waals surface area contributed by atoms with Gasteiger partial charge in [-0.2, -0.15) is 4.57 Å². The number of hydrogen-bond donors (Lipinski definition) is 0. The van der Waals surface area contributed by atoms with E-state index in [1.807, 2.05) is 0 Å². The minimum absolute atomic E-state index is 0.943. The van der Waals surface area contributed by atoms with Gasteiger partial charge in [0.05, 0.1) is 0 Å². The van der Waals surface area contributed by atoms with Crippen LogP contribution < -0.4 is 4.57 Å². The van der Waals surface area contributed by atoms with Gasteiger partial charge in [0.15, 0.2) is 6.20 Å². The van der Waals surface area contributed by atoms with Gasteiger partial charge in [-0.1, -0.05) is 72.8 Å². The van der Waals surface area contributed by atoms with Crippen LogP contribution in [0.5, 0.6) is 0 Å². The van der Waals surface area contributed by atoms with Crippen LogP contribution in [0.15, 0.2) is 115 Å². The number of nitrogens with zero attached hydrogens (tertiary/aromatic N) is 1. The predicted octanol–water partition coefficient (Wildman–Crippen LogP) is 7.15. The number of fused-ring (bicyclic) bond motifs is 1. The maximum absolute atomic E-state index is 2.34. The molecule has 144 valence electrons. The van der Waals surface area contributed by atoms with Crippen LogP contribution in [0.1, 0.15) is 6.92 Å². The maximum atomic E-state index is 2.34. The summed E-state index contributed by atoms with van der Waals surface area (Å²) in [6.45, 7) is 3.14. The summed E-state index contributed by atoms with van der Waals surface area (Å²) in [5, 5.41) is 1.27. The fourth-order valence-corrected chi connectivity index (χ4v) is 4.12. The lowest BCUT2D eigenvalue weighted by atomic mass is 9.93. The average Bonchev–Trinajstić information content (AvgIpc) is 2.84. The molecule has 4 aromatic carbocycles. The third-order valence-electron chi connectivity index (χ3n) is 5.67. The van der Waals surface area contributed by atoms with Crippen molar-refractivity contribution in [1.29, 1.82) is 0 Å². The Balaban J connectivity index is 1.75. The van der Waals surface area contributed by atoms with E-state index in [1.54, 1.807) is 0 Å². The molecule has 1 heterocycles. The number of hydrogen-bond acceptors (Lipinski definition) is 0. The number of rotatable bonds is 4. The fourth-order valence-electron chi connectivity index (χ4n) is 4.12. The van der Waals surface area contributed by atoms with Crippen molar-refractivity contribution in [2.24, 2.45) is 0 Å². The molecule has 0 bridgehead atoms. The SMILES string of the molecule is CC[n+]1cc(-c2cc(-c3ccccc3)cc(-c3ccccc3)c2)cc2ccccc21. The largest absolute Gasteiger partial charge is 0.212 e. The van der Waals surface area contributed by atoms with Gasteiger partial charge in [-0.15, -0.1) is 0 Å². The van der Waals surface area contributed by atoms with Crippen LogP contribution in [-0.2, 0) is 6.54 Å². The molecule has 1 nitrogen and oxygen atoms in total. The summed E-state index contributed by atoms with van der Waals surface area (Å²) in [4.78, 5) is 0. The van der Waals surface area contributed by atoms with E-state index in [0.29, 0.717) is 0 Å². The Bertz CT molecular complexity index is 1250. The topological polar surface area (TPSA) is 3.88 Å². The number of para-hydroxylation sites is 1. The molecular weight excluding hydrogens is 362 g/mol. The van der Waals surface area contributed by atoms with Gasteiger partial charge in [0.25, 0.3) is 0 Å². The molecule has 1 aromatic heterocycles. The predicted molar refractivity (Wildman–Crippen MR) is 126 cm³/mol. The van der Waals surface area contributed by atoms with Crippen LogP contribution in [0.3, 0.4) is 0 Å². The molecule has 0 amide bonds. The van der Waals surface area contributed by atoms with Gasteiger partial charge in [-0.05, 0) is 65.1 Å². The highest BCUT2D eigenvalue weighted by Gasteiger charge is 2.13. The molecule has 0 N–H and O–H groups in total. The second-order valence-electron chi connectivity index (χ2n) is 7.60. The molecule has 5 rings (SSSR count). The van der Waals surface area contributed by atoms with E-state index in [9.17, 15) is 0 Å². The second-order valence-corrected chi connectivity index (χ2v) is 7.60. The third-order valence-corrected chi connectivity index (χ3v) is 5.67. The lowest BCUT2D eigenvalue weighted by Gasteiger charge is -2.11.